The summed E-state index contributed by atoms with van der Waals surface area (Å²) in [6.45, 7) is 5.45. The summed E-state index contributed by atoms with van der Waals surface area (Å²) >= 11 is 0. The summed E-state index contributed by atoms with van der Waals surface area (Å²) in [7, 11) is -3.26. The molecule has 1 aliphatic heterocycles. The minimum Gasteiger partial charge on any atom is -0.357 e. The van der Waals surface area contributed by atoms with E-state index in [0.717, 1.165) is 51.1 Å². The molecule has 170 valence electrons. The molecule has 1 aromatic rings. The molecule has 1 aliphatic carbocycles. The third-order valence-corrected chi connectivity index (χ3v) is 6.93. The number of anilines is 1. The van der Waals surface area contributed by atoms with Gasteiger partial charge in [0.1, 0.15) is 5.82 Å². The van der Waals surface area contributed by atoms with Crippen LogP contribution < -0.4 is 20.3 Å². The number of piperidine rings is 1. The number of halogens is 1. The van der Waals surface area contributed by atoms with Crippen LogP contribution in [0.5, 0.6) is 0 Å². The zero-order chi connectivity index (χ0) is 20.5. The smallest absolute Gasteiger partial charge is 0.213 e. The molecule has 2 heterocycles. The van der Waals surface area contributed by atoms with Gasteiger partial charge >= 0.3 is 0 Å². The lowest BCUT2D eigenvalue weighted by Gasteiger charge is -2.33. The molecule has 2 aliphatic rings. The summed E-state index contributed by atoms with van der Waals surface area (Å²) in [6, 6.07) is 6.30. The Morgan fingerprint density at radius 1 is 1.23 bits per heavy atom. The van der Waals surface area contributed by atoms with Crippen molar-refractivity contribution in [3.05, 3.63) is 24.4 Å². The highest BCUT2D eigenvalue weighted by Crippen LogP contribution is 2.25. The van der Waals surface area contributed by atoms with Crippen LogP contribution in [0, 0.1) is 5.92 Å². The number of aromatic nitrogens is 1. The Kier molecular flexibility index (Phi) is 10.6. The van der Waals surface area contributed by atoms with Crippen LogP contribution in [0.1, 0.15) is 39.0 Å². The van der Waals surface area contributed by atoms with Crippen LogP contribution in [0.25, 0.3) is 0 Å². The fourth-order valence-corrected chi connectivity index (χ4v) is 4.56. The lowest BCUT2D eigenvalue weighted by atomic mass is 9.86. The van der Waals surface area contributed by atoms with Crippen LogP contribution in [0.2, 0.25) is 0 Å². The van der Waals surface area contributed by atoms with E-state index in [2.05, 4.69) is 30.2 Å². The second kappa shape index (κ2) is 12.7. The quantitative estimate of drug-likeness (QED) is 0.247. The minimum atomic E-state index is -3.26. The maximum absolute atomic E-state index is 12.1. The Balaban J connectivity index is 0.00000320. The third kappa shape index (κ3) is 8.18. The zero-order valence-corrected chi connectivity index (χ0v) is 20.9. The van der Waals surface area contributed by atoms with Gasteiger partial charge in [-0.15, -0.1) is 24.0 Å². The van der Waals surface area contributed by atoms with Crippen molar-refractivity contribution in [1.29, 1.82) is 0 Å². The lowest BCUT2D eigenvalue weighted by Crippen LogP contribution is -2.49. The van der Waals surface area contributed by atoms with Crippen molar-refractivity contribution in [2.75, 3.05) is 43.4 Å². The van der Waals surface area contributed by atoms with E-state index in [1.807, 2.05) is 31.3 Å². The van der Waals surface area contributed by atoms with E-state index in [9.17, 15) is 8.42 Å². The summed E-state index contributed by atoms with van der Waals surface area (Å²) in [6.07, 6.45) is 7.28. The highest BCUT2D eigenvalue weighted by Gasteiger charge is 2.22. The lowest BCUT2D eigenvalue weighted by molar-refractivity contribution is 0.316. The van der Waals surface area contributed by atoms with Gasteiger partial charge in [0.25, 0.3) is 0 Å². The van der Waals surface area contributed by atoms with Crippen molar-refractivity contribution < 1.29 is 8.42 Å². The maximum atomic E-state index is 12.1. The normalized spacial score (nSPS) is 18.4. The van der Waals surface area contributed by atoms with Gasteiger partial charge in [-0.25, -0.2) is 18.1 Å². The van der Waals surface area contributed by atoms with E-state index < -0.39 is 10.0 Å². The predicted octanol–water partition coefficient (Wildman–Crippen LogP) is 1.94. The van der Waals surface area contributed by atoms with Crippen LogP contribution in [0.3, 0.4) is 0 Å². The number of nitrogens with zero attached hydrogens (tertiary/aromatic N) is 3. The molecule has 0 amide bonds. The average molecular weight is 551 g/mol. The molecule has 3 rings (SSSR count). The van der Waals surface area contributed by atoms with E-state index in [1.165, 1.54) is 6.42 Å². The van der Waals surface area contributed by atoms with Crippen LogP contribution in [0.4, 0.5) is 5.82 Å². The Labute approximate surface area is 197 Å². The molecule has 10 heteroatoms. The molecule has 0 aromatic carbocycles. The first kappa shape index (κ1) is 25.1. The van der Waals surface area contributed by atoms with E-state index >= 15 is 0 Å². The molecule has 0 atom stereocenters. The molecule has 1 aromatic heterocycles. The van der Waals surface area contributed by atoms with Crippen LogP contribution in [-0.4, -0.2) is 63.9 Å². The number of hydrogen-bond donors (Lipinski definition) is 3. The van der Waals surface area contributed by atoms with Crippen molar-refractivity contribution in [2.24, 2.45) is 10.9 Å². The van der Waals surface area contributed by atoms with Gasteiger partial charge in [0.15, 0.2) is 5.96 Å². The molecule has 0 unspecified atom stereocenters. The minimum absolute atomic E-state index is 0. The summed E-state index contributed by atoms with van der Waals surface area (Å²) in [5.41, 5.74) is 0. The highest BCUT2D eigenvalue weighted by molar-refractivity contribution is 14.0. The van der Waals surface area contributed by atoms with Gasteiger partial charge in [0, 0.05) is 38.4 Å². The van der Waals surface area contributed by atoms with Crippen LogP contribution in [0.15, 0.2) is 29.4 Å². The van der Waals surface area contributed by atoms with Gasteiger partial charge in [-0.1, -0.05) is 12.5 Å². The van der Waals surface area contributed by atoms with Crippen molar-refractivity contribution >= 4 is 45.8 Å². The number of guanidine groups is 1. The van der Waals surface area contributed by atoms with Gasteiger partial charge in [-0.05, 0) is 50.7 Å². The Hall–Kier alpha value is -1.14. The molecule has 2 fully saturated rings. The molecule has 8 nitrogen and oxygen atoms in total. The highest BCUT2D eigenvalue weighted by atomic mass is 127. The van der Waals surface area contributed by atoms with Crippen LogP contribution >= 0.6 is 24.0 Å². The Morgan fingerprint density at radius 3 is 2.60 bits per heavy atom. The standard InChI is InChI=1S/C20H34N6O2S.HI/c1-2-21-20(23-12-15-29(27,28)24-16-17-6-5-7-17)25-18-9-13-26(14-10-18)19-8-3-4-11-22-19;/h3-4,8,11,17-18,24H,2,5-7,9-10,12-16H2,1H3,(H2,21,23,25);1H. The van der Waals surface area contributed by atoms with Crippen molar-refractivity contribution in [1.82, 2.24) is 20.3 Å². The largest absolute Gasteiger partial charge is 0.357 e. The van der Waals surface area contributed by atoms with Crippen molar-refractivity contribution in [2.45, 2.75) is 45.1 Å². The van der Waals surface area contributed by atoms with E-state index in [4.69, 9.17) is 0 Å². The molecule has 0 bridgehead atoms. The van der Waals surface area contributed by atoms with Crippen LogP contribution in [-0.2, 0) is 10.0 Å². The van der Waals surface area contributed by atoms with Crippen molar-refractivity contribution in [3.63, 3.8) is 0 Å². The first-order valence-corrected chi connectivity index (χ1v) is 12.4. The fourth-order valence-electron chi connectivity index (χ4n) is 3.60. The number of nitrogens with one attached hydrogen (secondary N) is 3. The maximum Gasteiger partial charge on any atom is 0.213 e. The van der Waals surface area contributed by atoms with Gasteiger partial charge in [0.05, 0.1) is 12.3 Å². The topological polar surface area (TPSA) is 98.7 Å². The van der Waals surface area contributed by atoms with Gasteiger partial charge in [0.2, 0.25) is 10.0 Å². The van der Waals surface area contributed by atoms with E-state index in [1.54, 1.807) is 0 Å². The number of aliphatic imine (C=N–C) groups is 1. The fraction of sp³-hybridized carbons (Fsp3) is 0.700. The van der Waals surface area contributed by atoms with Crippen molar-refractivity contribution in [3.8, 4) is 0 Å². The van der Waals surface area contributed by atoms with Gasteiger partial charge in [-0.2, -0.15) is 0 Å². The first-order chi connectivity index (χ1) is 14.1. The molecule has 3 N–H and O–H groups in total. The van der Waals surface area contributed by atoms with E-state index in [0.29, 0.717) is 24.5 Å². The molecule has 30 heavy (non-hydrogen) atoms. The average Bonchev–Trinajstić information content (AvgIpc) is 2.68. The number of pyridine rings is 1. The second-order valence-corrected chi connectivity index (χ2v) is 9.74. The zero-order valence-electron chi connectivity index (χ0n) is 17.7. The third-order valence-electron chi connectivity index (χ3n) is 5.60. The Morgan fingerprint density at radius 2 is 2.00 bits per heavy atom. The molecule has 0 radical (unpaired) electrons. The number of sulfonamides is 1. The SMILES string of the molecule is CCNC(=NCCS(=O)(=O)NCC1CCC1)NC1CCN(c2ccccn2)CC1.I. The first-order valence-electron chi connectivity index (χ1n) is 10.7. The number of hydrogen-bond acceptors (Lipinski definition) is 5. The van der Waals surface area contributed by atoms with Gasteiger partial charge < -0.3 is 15.5 Å². The summed E-state index contributed by atoms with van der Waals surface area (Å²) in [5, 5.41) is 6.69. The molecular formula is C20H35IN6O2S. The second-order valence-electron chi connectivity index (χ2n) is 7.82. The van der Waals surface area contributed by atoms with E-state index in [-0.39, 0.29) is 36.3 Å². The summed E-state index contributed by atoms with van der Waals surface area (Å²) in [4.78, 5) is 11.2. The Bertz CT molecular complexity index is 750. The van der Waals surface area contributed by atoms with Gasteiger partial charge in [-0.3, -0.25) is 4.99 Å². The molecule has 1 saturated heterocycles. The predicted molar refractivity (Wildman–Crippen MR) is 133 cm³/mol. The molecule has 1 saturated carbocycles. The monoisotopic (exact) mass is 550 g/mol. The molecular weight excluding hydrogens is 515 g/mol. The molecule has 0 spiro atoms. The number of rotatable bonds is 9. The summed E-state index contributed by atoms with van der Waals surface area (Å²) < 4.78 is 27.0. The summed E-state index contributed by atoms with van der Waals surface area (Å²) in [5.74, 6) is 2.25.